The van der Waals surface area contributed by atoms with E-state index in [-0.39, 0.29) is 12.2 Å². The lowest BCUT2D eigenvalue weighted by Gasteiger charge is -2.11. The number of ether oxygens (including phenoxy) is 1. The summed E-state index contributed by atoms with van der Waals surface area (Å²) in [6.07, 6.45) is 1.98. The summed E-state index contributed by atoms with van der Waals surface area (Å²) < 4.78 is 29.2. The van der Waals surface area contributed by atoms with Crippen LogP contribution >= 0.6 is 15.9 Å². The molecule has 1 aromatic carbocycles. The first-order chi connectivity index (χ1) is 8.79. The fourth-order valence-corrected chi connectivity index (χ4v) is 3.16. The van der Waals surface area contributed by atoms with Gasteiger partial charge in [0.2, 0.25) is 0 Å². The smallest absolute Gasteiger partial charge is 0.157 e. The Bertz CT molecular complexity index is 622. The normalized spacial score (nSPS) is 15.7. The van der Waals surface area contributed by atoms with Gasteiger partial charge in [0.05, 0.1) is 6.61 Å². The van der Waals surface area contributed by atoms with Crippen molar-refractivity contribution < 1.29 is 17.9 Å². The molecule has 104 valence electrons. The number of fused-ring (bicyclic) bond motifs is 1. The van der Waals surface area contributed by atoms with E-state index in [0.29, 0.717) is 6.61 Å². The zero-order valence-electron chi connectivity index (χ0n) is 10.8. The number of hydrogen-bond donors (Lipinski definition) is 0. The summed E-state index contributed by atoms with van der Waals surface area (Å²) in [6.45, 7) is 2.03. The lowest BCUT2D eigenvalue weighted by Crippen LogP contribution is -2.27. The number of benzene rings is 1. The minimum absolute atomic E-state index is 0.0794. The standard InChI is InChI=1S/C13H15BrO4S/c1-8(19(2,16)17)12(15)7-10-6-11(14)5-9-3-4-18-13(9)10/h5-6,8H,3-4,7H2,1-2H3. The van der Waals surface area contributed by atoms with Crippen molar-refractivity contribution in [3.63, 3.8) is 0 Å². The van der Waals surface area contributed by atoms with Crippen molar-refractivity contribution in [2.24, 2.45) is 0 Å². The molecule has 1 atom stereocenters. The molecule has 1 heterocycles. The van der Waals surface area contributed by atoms with Crippen LogP contribution < -0.4 is 4.74 Å². The highest BCUT2D eigenvalue weighted by molar-refractivity contribution is 9.10. The minimum atomic E-state index is -3.35. The molecule has 0 bridgehead atoms. The number of hydrogen-bond acceptors (Lipinski definition) is 4. The molecule has 0 aromatic heterocycles. The van der Waals surface area contributed by atoms with Crippen molar-refractivity contribution in [1.82, 2.24) is 0 Å². The Labute approximate surface area is 121 Å². The number of rotatable bonds is 4. The molecule has 6 heteroatoms. The highest BCUT2D eigenvalue weighted by Crippen LogP contribution is 2.33. The number of sulfone groups is 1. The molecule has 0 fully saturated rings. The third kappa shape index (κ3) is 3.17. The molecule has 2 rings (SSSR count). The van der Waals surface area contributed by atoms with Crippen LogP contribution in [0.1, 0.15) is 18.1 Å². The predicted molar refractivity (Wildman–Crippen MR) is 76.4 cm³/mol. The first-order valence-electron chi connectivity index (χ1n) is 5.94. The van der Waals surface area contributed by atoms with Crippen LogP contribution in [-0.4, -0.2) is 32.3 Å². The minimum Gasteiger partial charge on any atom is -0.493 e. The van der Waals surface area contributed by atoms with Crippen molar-refractivity contribution >= 4 is 31.6 Å². The van der Waals surface area contributed by atoms with Crippen LogP contribution in [0.25, 0.3) is 0 Å². The molecular weight excluding hydrogens is 332 g/mol. The van der Waals surface area contributed by atoms with Crippen LogP contribution in [0.5, 0.6) is 5.75 Å². The van der Waals surface area contributed by atoms with Crippen LogP contribution in [-0.2, 0) is 27.5 Å². The summed E-state index contributed by atoms with van der Waals surface area (Å²) in [6, 6.07) is 3.79. The molecule has 0 spiro atoms. The highest BCUT2D eigenvalue weighted by Gasteiger charge is 2.26. The van der Waals surface area contributed by atoms with Gasteiger partial charge in [-0.05, 0) is 24.6 Å². The molecular formula is C13H15BrO4S. The average molecular weight is 347 g/mol. The summed E-state index contributed by atoms with van der Waals surface area (Å²) in [5.41, 5.74) is 1.81. The van der Waals surface area contributed by atoms with E-state index in [9.17, 15) is 13.2 Å². The largest absolute Gasteiger partial charge is 0.493 e. The molecule has 1 aliphatic rings. The van der Waals surface area contributed by atoms with Gasteiger partial charge in [0, 0.05) is 29.1 Å². The van der Waals surface area contributed by atoms with Gasteiger partial charge in [-0.2, -0.15) is 0 Å². The molecule has 0 amide bonds. The summed E-state index contributed by atoms with van der Waals surface area (Å²) >= 11 is 3.40. The van der Waals surface area contributed by atoms with Crippen molar-refractivity contribution in [2.45, 2.75) is 25.0 Å². The lowest BCUT2D eigenvalue weighted by atomic mass is 10.0. The van der Waals surface area contributed by atoms with E-state index in [1.807, 2.05) is 12.1 Å². The van der Waals surface area contributed by atoms with Gasteiger partial charge in [-0.15, -0.1) is 0 Å². The monoisotopic (exact) mass is 346 g/mol. The van der Waals surface area contributed by atoms with E-state index in [1.54, 1.807) is 0 Å². The highest BCUT2D eigenvalue weighted by atomic mass is 79.9. The van der Waals surface area contributed by atoms with E-state index >= 15 is 0 Å². The molecule has 0 radical (unpaired) electrons. The summed E-state index contributed by atoms with van der Waals surface area (Å²) in [7, 11) is -3.35. The lowest BCUT2D eigenvalue weighted by molar-refractivity contribution is -0.117. The van der Waals surface area contributed by atoms with Gasteiger partial charge in [-0.3, -0.25) is 4.79 Å². The maximum atomic E-state index is 12.0. The van der Waals surface area contributed by atoms with E-state index in [0.717, 1.165) is 34.0 Å². The van der Waals surface area contributed by atoms with E-state index in [4.69, 9.17) is 4.74 Å². The first kappa shape index (κ1) is 14.5. The Morgan fingerprint density at radius 1 is 1.47 bits per heavy atom. The van der Waals surface area contributed by atoms with Crippen molar-refractivity contribution in [2.75, 3.05) is 12.9 Å². The van der Waals surface area contributed by atoms with Gasteiger partial charge in [0.1, 0.15) is 11.0 Å². The second-order valence-corrected chi connectivity index (χ2v) is 8.05. The fourth-order valence-electron chi connectivity index (χ4n) is 2.05. The molecule has 0 aliphatic carbocycles. The van der Waals surface area contributed by atoms with Gasteiger partial charge in [-0.25, -0.2) is 8.42 Å². The van der Waals surface area contributed by atoms with Gasteiger partial charge >= 0.3 is 0 Å². The second kappa shape index (κ2) is 5.25. The molecule has 1 aromatic rings. The Hall–Kier alpha value is -0.880. The van der Waals surface area contributed by atoms with Crippen LogP contribution in [0.4, 0.5) is 0 Å². The van der Waals surface area contributed by atoms with Crippen LogP contribution in [0.15, 0.2) is 16.6 Å². The maximum Gasteiger partial charge on any atom is 0.157 e. The van der Waals surface area contributed by atoms with E-state index < -0.39 is 15.1 Å². The number of Topliss-reactive ketones (excluding diaryl/α,β-unsaturated/α-hetero) is 1. The van der Waals surface area contributed by atoms with Crippen molar-refractivity contribution in [3.05, 3.63) is 27.7 Å². The number of carbonyl (C=O) groups excluding carboxylic acids is 1. The molecule has 19 heavy (non-hydrogen) atoms. The molecule has 0 saturated carbocycles. The number of carbonyl (C=O) groups is 1. The quantitative estimate of drug-likeness (QED) is 0.835. The first-order valence-corrected chi connectivity index (χ1v) is 8.69. The summed E-state index contributed by atoms with van der Waals surface area (Å²) in [5.74, 6) is 0.426. The summed E-state index contributed by atoms with van der Waals surface area (Å²) in [5, 5.41) is -0.983. The molecule has 1 unspecified atom stereocenters. The van der Waals surface area contributed by atoms with Crippen LogP contribution in [0.3, 0.4) is 0 Å². The maximum absolute atomic E-state index is 12.0. The van der Waals surface area contributed by atoms with Crippen LogP contribution in [0.2, 0.25) is 0 Å². The molecule has 0 saturated heterocycles. The summed E-state index contributed by atoms with van der Waals surface area (Å²) in [4.78, 5) is 12.0. The zero-order valence-corrected chi connectivity index (χ0v) is 13.2. The number of ketones is 1. The molecule has 4 nitrogen and oxygen atoms in total. The average Bonchev–Trinajstić information content (AvgIpc) is 2.74. The Morgan fingerprint density at radius 2 is 2.16 bits per heavy atom. The fraction of sp³-hybridized carbons (Fsp3) is 0.462. The van der Waals surface area contributed by atoms with Crippen LogP contribution in [0, 0.1) is 0 Å². The number of halogens is 1. The van der Waals surface area contributed by atoms with Gasteiger partial charge in [0.25, 0.3) is 0 Å². The SMILES string of the molecule is CC(C(=O)Cc1cc(Br)cc2c1OCC2)S(C)(=O)=O. The predicted octanol–water partition coefficient (Wildman–Crippen LogP) is 1.93. The topological polar surface area (TPSA) is 60.4 Å². The zero-order chi connectivity index (χ0) is 14.2. The molecule has 0 N–H and O–H groups in total. The van der Waals surface area contributed by atoms with Crippen molar-refractivity contribution in [1.29, 1.82) is 0 Å². The second-order valence-electron chi connectivity index (χ2n) is 4.77. The van der Waals surface area contributed by atoms with E-state index in [2.05, 4.69) is 15.9 Å². The van der Waals surface area contributed by atoms with Gasteiger partial charge < -0.3 is 4.74 Å². The Kier molecular flexibility index (Phi) is 4.01. The van der Waals surface area contributed by atoms with Crippen molar-refractivity contribution in [3.8, 4) is 5.75 Å². The third-order valence-electron chi connectivity index (χ3n) is 3.29. The van der Waals surface area contributed by atoms with E-state index in [1.165, 1.54) is 6.92 Å². The molecule has 1 aliphatic heterocycles. The Balaban J connectivity index is 2.28. The van der Waals surface area contributed by atoms with Gasteiger partial charge in [-0.1, -0.05) is 15.9 Å². The third-order valence-corrected chi connectivity index (χ3v) is 5.29. The van der Waals surface area contributed by atoms with Gasteiger partial charge in [0.15, 0.2) is 15.6 Å². The Morgan fingerprint density at radius 3 is 2.79 bits per heavy atom.